The highest BCUT2D eigenvalue weighted by Crippen LogP contribution is 2.16. The molecule has 0 aromatic heterocycles. The minimum atomic E-state index is -0.616. The highest BCUT2D eigenvalue weighted by Gasteiger charge is 2.04. The van der Waals surface area contributed by atoms with Crippen LogP contribution < -0.4 is 16.4 Å². The van der Waals surface area contributed by atoms with Crippen molar-refractivity contribution in [1.29, 1.82) is 0 Å². The van der Waals surface area contributed by atoms with E-state index in [4.69, 9.17) is 5.73 Å². The van der Waals surface area contributed by atoms with E-state index in [9.17, 15) is 9.59 Å². The Morgan fingerprint density at radius 3 is 1.85 bits per heavy atom. The average molecular weight is 362 g/mol. The van der Waals surface area contributed by atoms with Gasteiger partial charge in [0.15, 0.2) is 0 Å². The SMILES string of the molecule is CCCCCCCCCCCCCC(=O)Nc1cccc(NC(N)=O)c1. The molecule has 0 aliphatic carbocycles. The van der Waals surface area contributed by atoms with E-state index >= 15 is 0 Å². The number of nitrogens with two attached hydrogens (primary N) is 1. The predicted octanol–water partition coefficient (Wildman–Crippen LogP) is 5.82. The number of anilines is 2. The summed E-state index contributed by atoms with van der Waals surface area (Å²) in [6.07, 6.45) is 14.5. The largest absolute Gasteiger partial charge is 0.351 e. The highest BCUT2D eigenvalue weighted by atomic mass is 16.2. The fraction of sp³-hybridized carbons (Fsp3) is 0.619. The van der Waals surface area contributed by atoms with Gasteiger partial charge in [0.25, 0.3) is 0 Å². The van der Waals surface area contributed by atoms with Crippen molar-refractivity contribution >= 4 is 23.3 Å². The van der Waals surface area contributed by atoms with Crippen molar-refractivity contribution in [1.82, 2.24) is 0 Å². The van der Waals surface area contributed by atoms with Crippen LogP contribution in [0.15, 0.2) is 24.3 Å². The van der Waals surface area contributed by atoms with Crippen molar-refractivity contribution in [3.8, 4) is 0 Å². The molecule has 1 aromatic rings. The molecule has 1 rings (SSSR count). The van der Waals surface area contributed by atoms with E-state index in [0.29, 0.717) is 17.8 Å². The molecule has 0 aliphatic rings. The molecule has 0 fully saturated rings. The molecular formula is C21H35N3O2. The summed E-state index contributed by atoms with van der Waals surface area (Å²) in [7, 11) is 0. The first-order chi connectivity index (χ1) is 12.6. The lowest BCUT2D eigenvalue weighted by molar-refractivity contribution is -0.116. The molecule has 0 spiro atoms. The summed E-state index contributed by atoms with van der Waals surface area (Å²) in [4.78, 5) is 22.8. The van der Waals surface area contributed by atoms with Crippen molar-refractivity contribution in [2.75, 3.05) is 10.6 Å². The smallest absolute Gasteiger partial charge is 0.316 e. The molecule has 0 saturated heterocycles. The molecule has 26 heavy (non-hydrogen) atoms. The van der Waals surface area contributed by atoms with E-state index < -0.39 is 6.03 Å². The number of benzene rings is 1. The lowest BCUT2D eigenvalue weighted by Crippen LogP contribution is -2.19. The van der Waals surface area contributed by atoms with E-state index in [2.05, 4.69) is 17.6 Å². The number of hydrogen-bond acceptors (Lipinski definition) is 2. The van der Waals surface area contributed by atoms with Gasteiger partial charge in [-0.1, -0.05) is 77.2 Å². The van der Waals surface area contributed by atoms with E-state index in [0.717, 1.165) is 12.8 Å². The number of amides is 3. The van der Waals surface area contributed by atoms with Gasteiger partial charge in [-0.2, -0.15) is 0 Å². The molecule has 0 radical (unpaired) electrons. The molecule has 0 aliphatic heterocycles. The fourth-order valence-electron chi connectivity index (χ4n) is 2.99. The van der Waals surface area contributed by atoms with E-state index in [1.165, 1.54) is 57.8 Å². The second-order valence-electron chi connectivity index (χ2n) is 6.90. The Morgan fingerprint density at radius 1 is 0.808 bits per heavy atom. The summed E-state index contributed by atoms with van der Waals surface area (Å²) in [6, 6.07) is 6.37. The van der Waals surface area contributed by atoms with Crippen LogP contribution in [0.3, 0.4) is 0 Å². The van der Waals surface area contributed by atoms with Crippen LogP contribution in [0, 0.1) is 0 Å². The van der Waals surface area contributed by atoms with Crippen molar-refractivity contribution in [2.45, 2.75) is 84.0 Å². The van der Waals surface area contributed by atoms with Crippen LogP contribution in [-0.4, -0.2) is 11.9 Å². The molecule has 0 atom stereocenters. The Balaban J connectivity index is 2.04. The predicted molar refractivity (Wildman–Crippen MR) is 109 cm³/mol. The van der Waals surface area contributed by atoms with Crippen LogP contribution in [0.1, 0.15) is 84.0 Å². The number of urea groups is 1. The molecule has 3 amide bonds. The third-order valence-electron chi connectivity index (χ3n) is 4.42. The summed E-state index contributed by atoms with van der Waals surface area (Å²) >= 11 is 0. The topological polar surface area (TPSA) is 84.2 Å². The van der Waals surface area contributed by atoms with Crippen molar-refractivity contribution in [2.24, 2.45) is 5.73 Å². The zero-order chi connectivity index (χ0) is 19.0. The first-order valence-electron chi connectivity index (χ1n) is 10.1. The first-order valence-corrected chi connectivity index (χ1v) is 10.1. The van der Waals surface area contributed by atoms with Gasteiger partial charge in [-0.25, -0.2) is 4.79 Å². The third-order valence-corrected chi connectivity index (χ3v) is 4.42. The van der Waals surface area contributed by atoms with Crippen molar-refractivity contribution < 1.29 is 9.59 Å². The number of hydrogen-bond donors (Lipinski definition) is 3. The molecule has 5 nitrogen and oxygen atoms in total. The maximum atomic E-state index is 12.0. The van der Waals surface area contributed by atoms with Gasteiger partial charge in [0.2, 0.25) is 5.91 Å². The Bertz CT molecular complexity index is 532. The van der Waals surface area contributed by atoms with Crippen molar-refractivity contribution in [3.63, 3.8) is 0 Å². The molecule has 0 heterocycles. The fourth-order valence-corrected chi connectivity index (χ4v) is 2.99. The second kappa shape index (κ2) is 14.2. The van der Waals surface area contributed by atoms with Crippen LogP contribution >= 0.6 is 0 Å². The number of primary amides is 1. The van der Waals surface area contributed by atoms with Gasteiger partial charge < -0.3 is 16.4 Å². The molecule has 5 heteroatoms. The maximum absolute atomic E-state index is 12.0. The molecule has 0 saturated carbocycles. The van der Waals surface area contributed by atoms with Gasteiger partial charge >= 0.3 is 6.03 Å². The van der Waals surface area contributed by atoms with Gasteiger partial charge in [-0.05, 0) is 24.6 Å². The number of unbranched alkanes of at least 4 members (excludes halogenated alkanes) is 10. The Morgan fingerprint density at radius 2 is 1.31 bits per heavy atom. The van der Waals surface area contributed by atoms with Crippen LogP contribution in [0.25, 0.3) is 0 Å². The zero-order valence-electron chi connectivity index (χ0n) is 16.2. The van der Waals surface area contributed by atoms with Crippen LogP contribution in [0.2, 0.25) is 0 Å². The molecule has 1 aromatic carbocycles. The minimum absolute atomic E-state index is 0.0112. The van der Waals surface area contributed by atoms with Gasteiger partial charge in [-0.15, -0.1) is 0 Å². The van der Waals surface area contributed by atoms with E-state index in [-0.39, 0.29) is 5.91 Å². The highest BCUT2D eigenvalue weighted by molar-refractivity contribution is 5.93. The maximum Gasteiger partial charge on any atom is 0.316 e. The molecule has 146 valence electrons. The number of carbonyl (C=O) groups is 2. The lowest BCUT2D eigenvalue weighted by atomic mass is 10.1. The average Bonchev–Trinajstić information content (AvgIpc) is 2.59. The van der Waals surface area contributed by atoms with Gasteiger partial charge in [0.1, 0.15) is 0 Å². The number of nitrogens with one attached hydrogen (secondary N) is 2. The lowest BCUT2D eigenvalue weighted by Gasteiger charge is -2.08. The van der Waals surface area contributed by atoms with Gasteiger partial charge in [-0.3, -0.25) is 4.79 Å². The summed E-state index contributed by atoms with van der Waals surface area (Å²) in [6.45, 7) is 2.25. The summed E-state index contributed by atoms with van der Waals surface area (Å²) in [5, 5.41) is 5.36. The first kappa shape index (κ1) is 22.0. The molecule has 0 bridgehead atoms. The Labute approximate surface area is 158 Å². The Kier molecular flexibility index (Phi) is 12.0. The summed E-state index contributed by atoms with van der Waals surface area (Å²) in [5.74, 6) is 0.0112. The summed E-state index contributed by atoms with van der Waals surface area (Å²) < 4.78 is 0. The molecule has 0 unspecified atom stereocenters. The normalized spacial score (nSPS) is 10.5. The van der Waals surface area contributed by atoms with Crippen LogP contribution in [0.5, 0.6) is 0 Å². The quantitative estimate of drug-likeness (QED) is 0.365. The van der Waals surface area contributed by atoms with E-state index in [1.54, 1.807) is 24.3 Å². The van der Waals surface area contributed by atoms with Crippen LogP contribution in [0.4, 0.5) is 16.2 Å². The Hall–Kier alpha value is -2.04. The number of rotatable bonds is 14. The third kappa shape index (κ3) is 11.5. The van der Waals surface area contributed by atoms with Gasteiger partial charge in [0.05, 0.1) is 0 Å². The number of carbonyl (C=O) groups excluding carboxylic acids is 2. The molecular weight excluding hydrogens is 326 g/mol. The zero-order valence-corrected chi connectivity index (χ0v) is 16.2. The minimum Gasteiger partial charge on any atom is -0.351 e. The standard InChI is InChI=1S/C21H35N3O2/c1-2-3-4-5-6-7-8-9-10-11-12-16-20(25)23-18-14-13-15-19(17-18)24-21(22)26/h13-15,17H,2-12,16H2,1H3,(H,23,25)(H3,22,24,26). The summed E-state index contributed by atoms with van der Waals surface area (Å²) in [5.41, 5.74) is 6.33. The second-order valence-corrected chi connectivity index (χ2v) is 6.90. The van der Waals surface area contributed by atoms with Crippen LogP contribution in [-0.2, 0) is 4.79 Å². The van der Waals surface area contributed by atoms with Crippen molar-refractivity contribution in [3.05, 3.63) is 24.3 Å². The van der Waals surface area contributed by atoms with E-state index in [1.807, 2.05) is 0 Å². The van der Waals surface area contributed by atoms with Gasteiger partial charge in [0, 0.05) is 17.8 Å². The molecule has 4 N–H and O–H groups in total. The monoisotopic (exact) mass is 361 g/mol.